The molecule has 1 atom stereocenters. The second kappa shape index (κ2) is 9.11. The fraction of sp³-hybridized carbons (Fsp3) is 0.269. The van der Waals surface area contributed by atoms with Crippen molar-refractivity contribution >= 4 is 17.3 Å². The van der Waals surface area contributed by atoms with Crippen molar-refractivity contribution in [2.24, 2.45) is 0 Å². The third-order valence-corrected chi connectivity index (χ3v) is 5.89. The minimum atomic E-state index is -0.471. The van der Waals surface area contributed by atoms with E-state index in [9.17, 15) is 4.79 Å². The van der Waals surface area contributed by atoms with Gasteiger partial charge in [0.15, 0.2) is 18.2 Å². The van der Waals surface area contributed by atoms with Crippen LogP contribution in [0.4, 0.5) is 4.39 Å². The minimum absolute atomic E-state index is 0.240. The fourth-order valence-electron chi connectivity index (χ4n) is 4.23. The molecule has 0 radical (unpaired) electrons. The fourth-order valence-corrected chi connectivity index (χ4v) is 4.23. The van der Waals surface area contributed by atoms with Gasteiger partial charge in [-0.15, -0.1) is 0 Å². The Kier molecular flexibility index (Phi) is 5.88. The van der Waals surface area contributed by atoms with Gasteiger partial charge in [-0.1, -0.05) is 30.3 Å². The summed E-state index contributed by atoms with van der Waals surface area (Å²) >= 11 is 0. The lowest BCUT2D eigenvalue weighted by Crippen LogP contribution is -2.19. The van der Waals surface area contributed by atoms with Crippen LogP contribution >= 0.6 is 0 Å². The monoisotopic (exact) mass is 445 g/mol. The van der Waals surface area contributed by atoms with E-state index in [0.29, 0.717) is 52.5 Å². The molecular formula is C26H24FN3O3. The molecule has 7 heteroatoms. The van der Waals surface area contributed by atoms with Crippen molar-refractivity contribution in [3.05, 3.63) is 77.2 Å². The lowest BCUT2D eigenvalue weighted by molar-refractivity contribution is -0.0371. The zero-order valence-corrected chi connectivity index (χ0v) is 18.3. The molecule has 0 aliphatic carbocycles. The molecule has 1 aliphatic rings. The first kappa shape index (κ1) is 21.3. The van der Waals surface area contributed by atoms with Gasteiger partial charge in [0.2, 0.25) is 0 Å². The number of rotatable bonds is 6. The number of benzene rings is 2. The number of hydrogen-bond acceptors (Lipinski definition) is 5. The smallest absolute Gasteiger partial charge is 0.162 e. The van der Waals surface area contributed by atoms with Crippen LogP contribution in [-0.4, -0.2) is 27.7 Å². The number of nitrogens with zero attached hydrogens (tertiary/aromatic N) is 3. The number of halogens is 1. The highest BCUT2D eigenvalue weighted by Gasteiger charge is 2.23. The van der Waals surface area contributed by atoms with Crippen molar-refractivity contribution in [1.82, 2.24) is 14.8 Å². The Morgan fingerprint density at radius 3 is 2.76 bits per heavy atom. The topological polar surface area (TPSA) is 66.2 Å². The Morgan fingerprint density at radius 2 is 2.03 bits per heavy atom. The molecule has 0 spiro atoms. The van der Waals surface area contributed by atoms with Crippen LogP contribution in [-0.2, 0) is 11.3 Å². The third-order valence-electron chi connectivity index (χ3n) is 5.89. The highest BCUT2D eigenvalue weighted by molar-refractivity contribution is 5.98. The Balaban J connectivity index is 1.50. The van der Waals surface area contributed by atoms with E-state index in [1.165, 1.54) is 6.07 Å². The Labute approximate surface area is 191 Å². The molecule has 2 aromatic carbocycles. The van der Waals surface area contributed by atoms with Gasteiger partial charge < -0.3 is 9.47 Å². The molecular weight excluding hydrogens is 421 g/mol. The SMILES string of the molecule is Cc1nn(C2CCCCO2)c2nc(-c3ccc(OCc4ccccc4)cc3F)cc(C=O)c12. The van der Waals surface area contributed by atoms with E-state index in [-0.39, 0.29) is 6.23 Å². The van der Waals surface area contributed by atoms with Gasteiger partial charge >= 0.3 is 0 Å². The molecule has 0 amide bonds. The summed E-state index contributed by atoms with van der Waals surface area (Å²) in [6.07, 6.45) is 3.39. The summed E-state index contributed by atoms with van der Waals surface area (Å²) in [5.41, 5.74) is 3.32. The van der Waals surface area contributed by atoms with E-state index in [1.54, 1.807) is 22.9 Å². The first-order chi connectivity index (χ1) is 16.1. The van der Waals surface area contributed by atoms with E-state index >= 15 is 4.39 Å². The van der Waals surface area contributed by atoms with Gasteiger partial charge in [-0.05, 0) is 49.9 Å². The predicted octanol–water partition coefficient (Wildman–Crippen LogP) is 5.64. The van der Waals surface area contributed by atoms with Crippen LogP contribution in [0.1, 0.15) is 47.1 Å². The van der Waals surface area contributed by atoms with Gasteiger partial charge in [-0.25, -0.2) is 14.1 Å². The molecule has 1 fully saturated rings. The van der Waals surface area contributed by atoms with Crippen molar-refractivity contribution in [2.75, 3.05) is 6.61 Å². The summed E-state index contributed by atoms with van der Waals surface area (Å²) in [6, 6.07) is 16.0. The summed E-state index contributed by atoms with van der Waals surface area (Å²) < 4.78 is 28.5. The number of ether oxygens (including phenoxy) is 2. The normalized spacial score (nSPS) is 16.1. The van der Waals surface area contributed by atoms with Crippen molar-refractivity contribution in [3.8, 4) is 17.0 Å². The average Bonchev–Trinajstić information content (AvgIpc) is 3.20. The standard InChI is InChI=1S/C26H24FN3O3/c1-17-25-19(15-31)13-23(28-26(25)30(29-17)24-9-5-6-12-32-24)21-11-10-20(14-22(21)27)33-16-18-7-3-2-4-8-18/h2-4,7-8,10-11,13-15,24H,5-6,9,12,16H2,1H3. The highest BCUT2D eigenvalue weighted by Crippen LogP contribution is 2.32. The van der Waals surface area contributed by atoms with Crippen LogP contribution in [0, 0.1) is 12.7 Å². The number of hydrogen-bond donors (Lipinski definition) is 0. The van der Waals surface area contributed by atoms with E-state index in [0.717, 1.165) is 31.1 Å². The summed E-state index contributed by atoms with van der Waals surface area (Å²) in [5, 5.41) is 5.28. The van der Waals surface area contributed by atoms with Gasteiger partial charge in [0, 0.05) is 23.8 Å². The molecule has 1 unspecified atom stereocenters. The maximum Gasteiger partial charge on any atom is 0.162 e. The summed E-state index contributed by atoms with van der Waals surface area (Å²) in [4.78, 5) is 16.6. The minimum Gasteiger partial charge on any atom is -0.489 e. The molecule has 0 bridgehead atoms. The van der Waals surface area contributed by atoms with Crippen LogP contribution in [0.2, 0.25) is 0 Å². The Hall–Kier alpha value is -3.58. The van der Waals surface area contributed by atoms with Crippen LogP contribution < -0.4 is 4.74 Å². The quantitative estimate of drug-likeness (QED) is 0.360. The number of pyridine rings is 1. The molecule has 33 heavy (non-hydrogen) atoms. The van der Waals surface area contributed by atoms with E-state index in [1.807, 2.05) is 37.3 Å². The number of aldehydes is 1. The molecule has 5 rings (SSSR count). The number of carbonyl (C=O) groups excluding carboxylic acids is 1. The largest absolute Gasteiger partial charge is 0.489 e. The zero-order chi connectivity index (χ0) is 22.8. The Morgan fingerprint density at radius 1 is 1.18 bits per heavy atom. The van der Waals surface area contributed by atoms with E-state index in [2.05, 4.69) is 5.10 Å². The third kappa shape index (κ3) is 4.24. The van der Waals surface area contributed by atoms with Gasteiger partial charge in [0.25, 0.3) is 0 Å². The molecule has 1 aliphatic heterocycles. The summed E-state index contributed by atoms with van der Waals surface area (Å²) in [6.45, 7) is 2.85. The lowest BCUT2D eigenvalue weighted by Gasteiger charge is -2.23. The number of aromatic nitrogens is 3. The van der Waals surface area contributed by atoms with Gasteiger partial charge in [-0.2, -0.15) is 5.10 Å². The lowest BCUT2D eigenvalue weighted by atomic mass is 10.1. The highest BCUT2D eigenvalue weighted by atomic mass is 19.1. The molecule has 1 saturated heterocycles. The van der Waals surface area contributed by atoms with E-state index < -0.39 is 5.82 Å². The predicted molar refractivity (Wildman–Crippen MR) is 123 cm³/mol. The first-order valence-corrected chi connectivity index (χ1v) is 11.1. The van der Waals surface area contributed by atoms with Crippen LogP contribution in [0.15, 0.2) is 54.6 Å². The van der Waals surface area contributed by atoms with Crippen molar-refractivity contribution in [1.29, 1.82) is 0 Å². The van der Waals surface area contributed by atoms with Gasteiger partial charge in [0.1, 0.15) is 18.2 Å². The molecule has 0 N–H and O–H groups in total. The molecule has 168 valence electrons. The first-order valence-electron chi connectivity index (χ1n) is 11.1. The molecule has 6 nitrogen and oxygen atoms in total. The number of carbonyl (C=O) groups is 1. The molecule has 0 saturated carbocycles. The summed E-state index contributed by atoms with van der Waals surface area (Å²) in [7, 11) is 0. The number of aryl methyl sites for hydroxylation is 1. The Bertz CT molecular complexity index is 1300. The zero-order valence-electron chi connectivity index (χ0n) is 18.3. The van der Waals surface area contributed by atoms with Gasteiger partial charge in [-0.3, -0.25) is 4.79 Å². The van der Waals surface area contributed by atoms with Crippen LogP contribution in [0.5, 0.6) is 5.75 Å². The molecule has 4 aromatic rings. The summed E-state index contributed by atoms with van der Waals surface area (Å²) in [5.74, 6) is -0.0470. The average molecular weight is 445 g/mol. The van der Waals surface area contributed by atoms with Crippen LogP contribution in [0.3, 0.4) is 0 Å². The number of fused-ring (bicyclic) bond motifs is 1. The van der Waals surface area contributed by atoms with Crippen LogP contribution in [0.25, 0.3) is 22.3 Å². The molecule has 3 heterocycles. The maximum absolute atomic E-state index is 15.1. The van der Waals surface area contributed by atoms with Gasteiger partial charge in [0.05, 0.1) is 16.8 Å². The van der Waals surface area contributed by atoms with Crippen molar-refractivity contribution in [2.45, 2.75) is 39.0 Å². The van der Waals surface area contributed by atoms with Crippen molar-refractivity contribution < 1.29 is 18.7 Å². The second-order valence-electron chi connectivity index (χ2n) is 8.18. The second-order valence-corrected chi connectivity index (χ2v) is 8.18. The maximum atomic E-state index is 15.1. The van der Waals surface area contributed by atoms with E-state index in [4.69, 9.17) is 14.5 Å². The molecule has 2 aromatic heterocycles. The van der Waals surface area contributed by atoms with Crippen molar-refractivity contribution in [3.63, 3.8) is 0 Å².